The zero-order valence-electron chi connectivity index (χ0n) is 41.6. The van der Waals surface area contributed by atoms with Crippen LogP contribution in [-0.2, 0) is 33.1 Å². The van der Waals surface area contributed by atoms with E-state index in [0.29, 0.717) is 81.6 Å². The number of hydrogen-bond acceptors (Lipinski definition) is 15. The van der Waals surface area contributed by atoms with Crippen molar-refractivity contribution in [2.75, 3.05) is 23.8 Å². The molecule has 0 aliphatic heterocycles. The third-order valence-corrected chi connectivity index (χ3v) is 14.0. The van der Waals surface area contributed by atoms with Crippen LogP contribution in [-0.4, -0.2) is 93.8 Å². The molecule has 4 N–H and O–H groups in total. The first-order valence-corrected chi connectivity index (χ1v) is 26.8. The number of phenols is 1. The monoisotopic (exact) mass is 1140 g/mol. The molecule has 8 aromatic carbocycles. The number of phenolic OH excluding ortho intramolecular Hbond substituents is 1. The van der Waals surface area contributed by atoms with Gasteiger partial charge in [-0.1, -0.05) is 91.3 Å². The fourth-order valence-corrected chi connectivity index (χ4v) is 9.76. The summed E-state index contributed by atoms with van der Waals surface area (Å²) in [5, 5.41) is 48.4. The van der Waals surface area contributed by atoms with Crippen LogP contribution in [0.15, 0.2) is 164 Å². The van der Waals surface area contributed by atoms with Crippen LogP contribution in [0.4, 0.5) is 34.1 Å². The van der Waals surface area contributed by atoms with Gasteiger partial charge in [-0.25, -0.2) is 8.42 Å². The smallest absolute Gasteiger partial charge is 0.870 e. The fourth-order valence-electron chi connectivity index (χ4n) is 7.69. The second-order valence-corrected chi connectivity index (χ2v) is 19.9. The third kappa shape index (κ3) is 14.5. The predicted octanol–water partition coefficient (Wildman–Crippen LogP) is 12.8. The molecule has 0 saturated heterocycles. The van der Waals surface area contributed by atoms with E-state index in [4.69, 9.17) is 32.7 Å². The Hall–Kier alpha value is -6.72. The molecule has 392 valence electrons. The van der Waals surface area contributed by atoms with Gasteiger partial charge in [0.15, 0.2) is 5.75 Å². The van der Waals surface area contributed by atoms with Crippen molar-refractivity contribution in [2.45, 2.75) is 50.3 Å². The third-order valence-electron chi connectivity index (χ3n) is 11.4. The van der Waals surface area contributed by atoms with Gasteiger partial charge in [0.25, 0.3) is 21.9 Å². The van der Waals surface area contributed by atoms with Crippen LogP contribution in [0.25, 0.3) is 21.5 Å². The average Bonchev–Trinajstić information content (AvgIpc) is 3.38. The Kier molecular flexibility index (Phi) is 20.2. The van der Waals surface area contributed by atoms with Gasteiger partial charge in [0.05, 0.1) is 50.8 Å². The SMILES string of the molecule is CCOc1ccc(NC(=O)c2cc3ccccc3c(N=Nc3cc(Cl)c(S(=O)(=O)O)cc3CC)c2O)cc1.CCOc1ccc(NC(=O)c2cc3ccccc3c(N=Nc3cc(Cl)c(S(=O)(=O)[O-])cc3CC)c2[O-])cc1.[Ca+2]. The van der Waals surface area contributed by atoms with Crippen LogP contribution in [0.3, 0.4) is 0 Å². The average molecular weight is 1150 g/mol. The van der Waals surface area contributed by atoms with Crippen molar-refractivity contribution in [3.8, 4) is 23.0 Å². The molecule has 0 fully saturated rings. The van der Waals surface area contributed by atoms with Gasteiger partial charge in [0, 0.05) is 27.7 Å². The van der Waals surface area contributed by atoms with Gasteiger partial charge in [0.2, 0.25) is 0 Å². The Labute approximate surface area is 483 Å². The minimum absolute atomic E-state index is 0. The molecule has 0 atom stereocenters. The van der Waals surface area contributed by atoms with Gasteiger partial charge in [-0.15, -0.1) is 5.11 Å². The van der Waals surface area contributed by atoms with E-state index in [-0.39, 0.29) is 87.4 Å². The van der Waals surface area contributed by atoms with Crippen molar-refractivity contribution in [1.29, 1.82) is 0 Å². The van der Waals surface area contributed by atoms with Crippen LogP contribution in [0, 0.1) is 0 Å². The first kappa shape index (κ1) is 59.5. The van der Waals surface area contributed by atoms with E-state index in [9.17, 15) is 45.7 Å². The fraction of sp³-hybridized carbons (Fsp3) is 0.148. The molecule has 0 heterocycles. The molecule has 8 aromatic rings. The molecule has 8 rings (SSSR count). The number of ether oxygens (including phenoxy) is 2. The maximum absolute atomic E-state index is 13.4. The summed E-state index contributed by atoms with van der Waals surface area (Å²) in [6.45, 7) is 8.28. The van der Waals surface area contributed by atoms with Crippen molar-refractivity contribution >= 4 is 149 Å². The molecule has 0 unspecified atom stereocenters. The Morgan fingerprint density at radius 1 is 0.584 bits per heavy atom. The Bertz CT molecular complexity index is 3560. The number of fused-ring (bicyclic) bond motifs is 2. The zero-order chi connectivity index (χ0) is 54.9. The molecule has 0 aliphatic rings. The number of halogens is 2. The largest absolute Gasteiger partial charge is 2.00 e. The molecule has 77 heavy (non-hydrogen) atoms. The minimum atomic E-state index is -4.79. The number of aryl methyl sites for hydroxylation is 2. The Morgan fingerprint density at radius 3 is 1.45 bits per heavy atom. The molecule has 0 aliphatic carbocycles. The van der Waals surface area contributed by atoms with Gasteiger partial charge in [-0.3, -0.25) is 14.1 Å². The van der Waals surface area contributed by atoms with E-state index in [1.165, 1.54) is 24.3 Å². The Morgan fingerprint density at radius 2 is 1.00 bits per heavy atom. The van der Waals surface area contributed by atoms with Crippen molar-refractivity contribution in [3.05, 3.63) is 166 Å². The van der Waals surface area contributed by atoms with Gasteiger partial charge in [-0.2, -0.15) is 23.8 Å². The number of nitrogens with one attached hydrogen (secondary N) is 2. The molecule has 0 spiro atoms. The summed E-state index contributed by atoms with van der Waals surface area (Å²) in [7, 11) is -9.32. The normalized spacial score (nSPS) is 11.5. The maximum atomic E-state index is 13.4. The van der Waals surface area contributed by atoms with Crippen molar-refractivity contribution in [3.63, 3.8) is 0 Å². The second kappa shape index (κ2) is 26.1. The summed E-state index contributed by atoms with van der Waals surface area (Å²) in [6, 6.07) is 35.4. The van der Waals surface area contributed by atoms with Gasteiger partial charge < -0.3 is 34.9 Å². The van der Waals surface area contributed by atoms with Gasteiger partial charge >= 0.3 is 37.7 Å². The first-order valence-electron chi connectivity index (χ1n) is 23.2. The van der Waals surface area contributed by atoms with Crippen LogP contribution in [0.5, 0.6) is 23.0 Å². The van der Waals surface area contributed by atoms with E-state index >= 15 is 0 Å². The molecule has 0 bridgehead atoms. The van der Waals surface area contributed by atoms with Gasteiger partial charge in [0.1, 0.15) is 32.2 Å². The predicted molar refractivity (Wildman–Crippen MR) is 294 cm³/mol. The van der Waals surface area contributed by atoms with Gasteiger partial charge in [-0.05, 0) is 134 Å². The number of amides is 2. The van der Waals surface area contributed by atoms with Crippen molar-refractivity contribution in [2.24, 2.45) is 20.5 Å². The summed E-state index contributed by atoms with van der Waals surface area (Å²) < 4.78 is 78.0. The molecule has 0 radical (unpaired) electrons. The summed E-state index contributed by atoms with van der Waals surface area (Å²) in [5.74, 6) is -0.880. The number of rotatable bonds is 16. The van der Waals surface area contributed by atoms with E-state index in [0.717, 1.165) is 6.07 Å². The van der Waals surface area contributed by atoms with E-state index in [1.807, 2.05) is 13.8 Å². The number of azo groups is 2. The zero-order valence-corrected chi connectivity index (χ0v) is 46.9. The van der Waals surface area contributed by atoms with Crippen molar-refractivity contribution in [1.82, 2.24) is 0 Å². The number of carbonyl (C=O) groups is 2. The van der Waals surface area contributed by atoms with Crippen LogP contribution in [0.1, 0.15) is 59.5 Å². The maximum Gasteiger partial charge on any atom is 2.00 e. The number of carbonyl (C=O) groups excluding carboxylic acids is 2. The molecular weight excluding hydrogens is 1100 g/mol. The molecule has 18 nitrogen and oxygen atoms in total. The summed E-state index contributed by atoms with van der Waals surface area (Å²) in [4.78, 5) is 25.2. The van der Waals surface area contributed by atoms with E-state index in [1.54, 1.807) is 117 Å². The number of hydrogen-bond donors (Lipinski definition) is 4. The van der Waals surface area contributed by atoms with Crippen LogP contribution in [0.2, 0.25) is 10.0 Å². The molecule has 23 heteroatoms. The molecular formula is C54H46CaCl2N6O12S2. The second-order valence-electron chi connectivity index (χ2n) is 16.3. The van der Waals surface area contributed by atoms with Crippen LogP contribution >= 0.6 is 23.2 Å². The summed E-state index contributed by atoms with van der Waals surface area (Å²) in [6.07, 6.45) is 0.689. The minimum Gasteiger partial charge on any atom is -0.870 e. The Balaban J connectivity index is 0.000000246. The van der Waals surface area contributed by atoms with E-state index < -0.39 is 47.6 Å². The number of nitrogens with zero attached hydrogens (tertiary/aromatic N) is 4. The van der Waals surface area contributed by atoms with Crippen LogP contribution < -0.4 is 25.2 Å². The number of aromatic hydroxyl groups is 1. The summed E-state index contributed by atoms with van der Waals surface area (Å²) >= 11 is 12.1. The molecule has 0 aromatic heterocycles. The molecule has 0 saturated carbocycles. The van der Waals surface area contributed by atoms with E-state index in [2.05, 4.69) is 31.1 Å². The number of anilines is 2. The standard InChI is InChI=1S/2C27H24ClN3O6S.Ca/c2*1-3-16-14-24(38(34,35)36)22(28)15-23(16)30-31-25-20-8-6-5-7-17(20)13-21(26(25)32)27(33)29-18-9-11-19(12-10-18)37-4-2;/h2*5-15,32H,3-4H2,1-2H3,(H,29,33)(H,34,35,36);/q;;+2/p-2. The van der Waals surface area contributed by atoms with Crippen molar-refractivity contribution < 1.29 is 55.2 Å². The quantitative estimate of drug-likeness (QED) is 0.0399. The first-order chi connectivity index (χ1) is 36.2. The summed E-state index contributed by atoms with van der Waals surface area (Å²) in [5.41, 5.74) is 2.12. The topological polar surface area (TPSA) is 281 Å². The molecule has 2 amide bonds. The number of benzene rings is 8.